The molecule has 0 unspecified atom stereocenters. The van der Waals surface area contributed by atoms with Crippen molar-refractivity contribution in [1.29, 1.82) is 0 Å². The summed E-state index contributed by atoms with van der Waals surface area (Å²) in [5.74, 6) is -0.994. The Morgan fingerprint density at radius 3 is 2.59 bits per heavy atom. The molecule has 0 amide bonds. The quantitative estimate of drug-likeness (QED) is 0.502. The number of benzene rings is 2. The molecule has 0 atom stereocenters. The van der Waals surface area contributed by atoms with Crippen molar-refractivity contribution in [2.45, 2.75) is 6.61 Å². The van der Waals surface area contributed by atoms with Gasteiger partial charge in [-0.25, -0.2) is 4.79 Å². The lowest BCUT2D eigenvalue weighted by molar-refractivity contribution is -0.385. The van der Waals surface area contributed by atoms with Gasteiger partial charge in [0, 0.05) is 12.1 Å². The smallest absolute Gasteiger partial charge is 0.328 e. The number of carbonyl (C=O) groups is 1. The SMILES string of the molecule is O=C(O)/C=C/c1ccc([N+](=O)[O-])c(OCc2ccccc2)c1. The molecule has 0 saturated heterocycles. The maximum atomic E-state index is 11.0. The summed E-state index contributed by atoms with van der Waals surface area (Å²) in [4.78, 5) is 21.0. The number of carboxylic acid groups (broad SMARTS) is 1. The van der Waals surface area contributed by atoms with Gasteiger partial charge in [-0.2, -0.15) is 0 Å². The summed E-state index contributed by atoms with van der Waals surface area (Å²) in [6, 6.07) is 13.5. The van der Waals surface area contributed by atoms with Crippen molar-refractivity contribution >= 4 is 17.7 Å². The number of hydrogen-bond donors (Lipinski definition) is 1. The highest BCUT2D eigenvalue weighted by molar-refractivity contribution is 5.85. The molecule has 0 saturated carbocycles. The molecule has 0 bridgehead atoms. The lowest BCUT2D eigenvalue weighted by Gasteiger charge is -2.07. The first kappa shape index (κ1) is 15.2. The van der Waals surface area contributed by atoms with Gasteiger partial charge in [0.2, 0.25) is 0 Å². The van der Waals surface area contributed by atoms with E-state index in [1.807, 2.05) is 30.3 Å². The van der Waals surface area contributed by atoms with Crippen LogP contribution in [0.1, 0.15) is 11.1 Å². The number of carboxylic acids is 1. The summed E-state index contributed by atoms with van der Waals surface area (Å²) in [7, 11) is 0. The van der Waals surface area contributed by atoms with Crippen molar-refractivity contribution in [1.82, 2.24) is 0 Å². The van der Waals surface area contributed by atoms with Crippen molar-refractivity contribution in [3.05, 3.63) is 75.8 Å². The van der Waals surface area contributed by atoms with Crippen molar-refractivity contribution in [2.75, 3.05) is 0 Å². The summed E-state index contributed by atoms with van der Waals surface area (Å²) < 4.78 is 5.51. The number of hydrogen-bond acceptors (Lipinski definition) is 4. The Labute approximate surface area is 126 Å². The third-order valence-electron chi connectivity index (χ3n) is 2.84. The van der Waals surface area contributed by atoms with Crippen LogP contribution in [-0.2, 0) is 11.4 Å². The van der Waals surface area contributed by atoms with E-state index in [0.717, 1.165) is 11.6 Å². The first-order chi connectivity index (χ1) is 10.6. The highest BCUT2D eigenvalue weighted by atomic mass is 16.6. The van der Waals surface area contributed by atoms with Gasteiger partial charge >= 0.3 is 11.7 Å². The van der Waals surface area contributed by atoms with E-state index in [9.17, 15) is 14.9 Å². The molecule has 0 radical (unpaired) electrons. The molecule has 2 aromatic carbocycles. The van der Waals surface area contributed by atoms with Crippen molar-refractivity contribution in [3.8, 4) is 5.75 Å². The minimum atomic E-state index is -1.09. The van der Waals surface area contributed by atoms with Gasteiger partial charge in [-0.15, -0.1) is 0 Å². The van der Waals surface area contributed by atoms with Crippen LogP contribution in [0.3, 0.4) is 0 Å². The van der Waals surface area contributed by atoms with Crippen LogP contribution in [0.4, 0.5) is 5.69 Å². The first-order valence-corrected chi connectivity index (χ1v) is 6.42. The third-order valence-corrected chi connectivity index (χ3v) is 2.84. The Bertz CT molecular complexity index is 710. The summed E-state index contributed by atoms with van der Waals surface area (Å²) in [5, 5.41) is 19.6. The molecule has 0 aliphatic rings. The highest BCUT2D eigenvalue weighted by Gasteiger charge is 2.15. The second kappa shape index (κ2) is 7.03. The Balaban J connectivity index is 2.24. The second-order valence-electron chi connectivity index (χ2n) is 4.43. The van der Waals surface area contributed by atoms with E-state index >= 15 is 0 Å². The second-order valence-corrected chi connectivity index (χ2v) is 4.43. The Morgan fingerprint density at radius 2 is 1.95 bits per heavy atom. The average molecular weight is 299 g/mol. The van der Waals surface area contributed by atoms with E-state index in [0.29, 0.717) is 5.56 Å². The normalized spacial score (nSPS) is 10.5. The minimum absolute atomic E-state index is 0.0985. The van der Waals surface area contributed by atoms with Crippen LogP contribution < -0.4 is 4.74 Å². The number of nitro groups is 1. The standard InChI is InChI=1S/C16H13NO5/c18-16(19)9-7-12-6-8-14(17(20)21)15(10-12)22-11-13-4-2-1-3-5-13/h1-10H,11H2,(H,18,19)/b9-7+. The molecular weight excluding hydrogens is 286 g/mol. The summed E-state index contributed by atoms with van der Waals surface area (Å²) >= 11 is 0. The lowest BCUT2D eigenvalue weighted by atomic mass is 10.1. The molecule has 0 fully saturated rings. The van der Waals surface area contributed by atoms with Gasteiger partial charge in [-0.05, 0) is 29.3 Å². The maximum absolute atomic E-state index is 11.0. The number of aliphatic carboxylic acids is 1. The highest BCUT2D eigenvalue weighted by Crippen LogP contribution is 2.29. The number of rotatable bonds is 6. The molecule has 0 heterocycles. The van der Waals surface area contributed by atoms with Crippen molar-refractivity contribution in [2.24, 2.45) is 0 Å². The van der Waals surface area contributed by atoms with Gasteiger partial charge in [0.25, 0.3) is 0 Å². The van der Waals surface area contributed by atoms with Gasteiger partial charge in [0.15, 0.2) is 5.75 Å². The van der Waals surface area contributed by atoms with Crippen molar-refractivity contribution < 1.29 is 19.6 Å². The van der Waals surface area contributed by atoms with Crippen LogP contribution in [0, 0.1) is 10.1 Å². The predicted octanol–water partition coefficient (Wildman–Crippen LogP) is 3.27. The first-order valence-electron chi connectivity index (χ1n) is 6.42. The zero-order valence-corrected chi connectivity index (χ0v) is 11.5. The Kier molecular flexibility index (Phi) is 4.87. The topological polar surface area (TPSA) is 89.7 Å². The van der Waals surface area contributed by atoms with Gasteiger partial charge < -0.3 is 9.84 Å². The van der Waals surface area contributed by atoms with E-state index < -0.39 is 10.9 Å². The zero-order chi connectivity index (χ0) is 15.9. The molecule has 0 aliphatic carbocycles. The van der Waals surface area contributed by atoms with Crippen LogP contribution in [0.25, 0.3) is 6.08 Å². The van der Waals surface area contributed by atoms with Gasteiger partial charge in [-0.1, -0.05) is 30.3 Å². The van der Waals surface area contributed by atoms with E-state index in [-0.39, 0.29) is 18.0 Å². The molecule has 2 aromatic rings. The molecule has 6 nitrogen and oxygen atoms in total. The van der Waals surface area contributed by atoms with Crippen LogP contribution in [-0.4, -0.2) is 16.0 Å². The largest absolute Gasteiger partial charge is 0.482 e. The average Bonchev–Trinajstić information content (AvgIpc) is 2.51. The molecule has 6 heteroatoms. The fraction of sp³-hybridized carbons (Fsp3) is 0.0625. The molecular formula is C16H13NO5. The molecule has 0 spiro atoms. The van der Waals surface area contributed by atoms with E-state index in [4.69, 9.17) is 9.84 Å². The van der Waals surface area contributed by atoms with Crippen LogP contribution in [0.15, 0.2) is 54.6 Å². The fourth-order valence-corrected chi connectivity index (χ4v) is 1.80. The lowest BCUT2D eigenvalue weighted by Crippen LogP contribution is -1.99. The number of nitrogens with zero attached hydrogens (tertiary/aromatic N) is 1. The van der Waals surface area contributed by atoms with E-state index in [1.165, 1.54) is 24.3 Å². The third kappa shape index (κ3) is 4.17. The summed E-state index contributed by atoms with van der Waals surface area (Å²) in [6.07, 6.45) is 2.31. The fourth-order valence-electron chi connectivity index (χ4n) is 1.80. The van der Waals surface area contributed by atoms with Gasteiger partial charge in [-0.3, -0.25) is 10.1 Å². The summed E-state index contributed by atoms with van der Waals surface area (Å²) in [6.45, 7) is 0.188. The predicted molar refractivity (Wildman–Crippen MR) is 80.5 cm³/mol. The number of ether oxygens (including phenoxy) is 1. The van der Waals surface area contributed by atoms with E-state index in [1.54, 1.807) is 0 Å². The van der Waals surface area contributed by atoms with Crippen molar-refractivity contribution in [3.63, 3.8) is 0 Å². The zero-order valence-electron chi connectivity index (χ0n) is 11.5. The maximum Gasteiger partial charge on any atom is 0.328 e. The minimum Gasteiger partial charge on any atom is -0.482 e. The Morgan fingerprint density at radius 1 is 1.23 bits per heavy atom. The molecule has 112 valence electrons. The van der Waals surface area contributed by atoms with Crippen LogP contribution >= 0.6 is 0 Å². The molecule has 0 aliphatic heterocycles. The van der Waals surface area contributed by atoms with Gasteiger partial charge in [0.1, 0.15) is 6.61 Å². The molecule has 1 N–H and O–H groups in total. The molecule has 0 aromatic heterocycles. The van der Waals surface area contributed by atoms with Gasteiger partial charge in [0.05, 0.1) is 4.92 Å². The molecule has 2 rings (SSSR count). The van der Waals surface area contributed by atoms with Crippen LogP contribution in [0.5, 0.6) is 5.75 Å². The van der Waals surface area contributed by atoms with E-state index in [2.05, 4.69) is 0 Å². The Hall–Kier alpha value is -3.15. The van der Waals surface area contributed by atoms with Crippen LogP contribution in [0.2, 0.25) is 0 Å². The molecule has 22 heavy (non-hydrogen) atoms. The number of nitro benzene ring substituents is 1. The monoisotopic (exact) mass is 299 g/mol. The summed E-state index contributed by atoms with van der Waals surface area (Å²) in [5.41, 5.74) is 1.22.